The molecule has 0 aliphatic carbocycles. The van der Waals surface area contributed by atoms with Gasteiger partial charge in [-0.2, -0.15) is 16.4 Å². The Labute approximate surface area is 113 Å². The summed E-state index contributed by atoms with van der Waals surface area (Å²) in [5.74, 6) is 0.0344. The fourth-order valence-corrected chi connectivity index (χ4v) is 3.10. The zero-order chi connectivity index (χ0) is 12.4. The second-order valence-corrected chi connectivity index (χ2v) is 5.25. The molecular weight excluding hydrogens is 300 g/mol. The topological polar surface area (TPSA) is 34.9 Å². The van der Waals surface area contributed by atoms with Crippen molar-refractivity contribution in [3.05, 3.63) is 38.3 Å². The molecule has 0 aliphatic heterocycles. The Morgan fingerprint density at radius 2 is 2.24 bits per heavy atom. The van der Waals surface area contributed by atoms with Gasteiger partial charge in [-0.05, 0) is 35.3 Å². The molecular formula is C12H13BrN2OS. The Morgan fingerprint density at radius 1 is 1.47 bits per heavy atom. The molecule has 0 amide bonds. The lowest BCUT2D eigenvalue weighted by molar-refractivity contribution is 0.102. The molecule has 0 saturated carbocycles. The predicted octanol–water partition coefficient (Wildman–Crippen LogP) is 3.52. The normalized spacial score (nSPS) is 10.8. The van der Waals surface area contributed by atoms with Crippen LogP contribution in [0.2, 0.25) is 0 Å². The molecule has 5 heteroatoms. The van der Waals surface area contributed by atoms with Gasteiger partial charge >= 0.3 is 0 Å². The first-order valence-electron chi connectivity index (χ1n) is 5.50. The predicted molar refractivity (Wildman–Crippen MR) is 72.7 cm³/mol. The van der Waals surface area contributed by atoms with E-state index in [-0.39, 0.29) is 5.78 Å². The Hall–Kier alpha value is -0.940. The van der Waals surface area contributed by atoms with Gasteiger partial charge in [0.15, 0.2) is 0 Å². The van der Waals surface area contributed by atoms with Gasteiger partial charge in [-0.15, -0.1) is 0 Å². The summed E-state index contributed by atoms with van der Waals surface area (Å²) >= 11 is 4.91. The number of carbonyl (C=O) groups excluding carboxylic acids is 1. The lowest BCUT2D eigenvalue weighted by Crippen LogP contribution is -2.10. The lowest BCUT2D eigenvalue weighted by atomic mass is 10.1. The Morgan fingerprint density at radius 3 is 2.76 bits per heavy atom. The second kappa shape index (κ2) is 5.14. The smallest absolute Gasteiger partial charge is 0.213 e. The van der Waals surface area contributed by atoms with Crippen molar-refractivity contribution in [2.75, 3.05) is 0 Å². The van der Waals surface area contributed by atoms with Gasteiger partial charge in [0.2, 0.25) is 5.78 Å². The van der Waals surface area contributed by atoms with Gasteiger partial charge in [0.1, 0.15) is 5.69 Å². The maximum Gasteiger partial charge on any atom is 0.213 e. The molecule has 0 atom stereocenters. The van der Waals surface area contributed by atoms with Gasteiger partial charge in [0.05, 0.1) is 5.69 Å². The van der Waals surface area contributed by atoms with Crippen molar-refractivity contribution in [2.45, 2.75) is 26.8 Å². The van der Waals surface area contributed by atoms with Gasteiger partial charge in [0, 0.05) is 27.3 Å². The lowest BCUT2D eigenvalue weighted by Gasteiger charge is -2.02. The Balaban J connectivity index is 2.43. The van der Waals surface area contributed by atoms with E-state index in [4.69, 9.17) is 0 Å². The minimum atomic E-state index is 0.0344. The highest BCUT2D eigenvalue weighted by Crippen LogP contribution is 2.24. The fourth-order valence-electron chi connectivity index (χ4n) is 1.65. The molecule has 2 aromatic rings. The highest BCUT2D eigenvalue weighted by atomic mass is 79.9. The highest BCUT2D eigenvalue weighted by Gasteiger charge is 2.18. The third-order valence-corrected chi connectivity index (χ3v) is 4.29. The van der Waals surface area contributed by atoms with Gasteiger partial charge < -0.3 is 0 Å². The van der Waals surface area contributed by atoms with Crippen LogP contribution in [0.5, 0.6) is 0 Å². The fraction of sp³-hybridized carbons (Fsp3) is 0.333. The monoisotopic (exact) mass is 312 g/mol. The molecule has 0 saturated heterocycles. The summed E-state index contributed by atoms with van der Waals surface area (Å²) in [6.45, 7) is 4.74. The molecule has 0 fully saturated rings. The largest absolute Gasteiger partial charge is 0.287 e. The van der Waals surface area contributed by atoms with Crippen molar-refractivity contribution in [2.24, 2.45) is 0 Å². The van der Waals surface area contributed by atoms with Gasteiger partial charge in [-0.1, -0.05) is 6.92 Å². The number of ketones is 1. The number of halogens is 1. The minimum Gasteiger partial charge on any atom is -0.287 e. The van der Waals surface area contributed by atoms with Gasteiger partial charge in [-0.3, -0.25) is 9.48 Å². The summed E-state index contributed by atoms with van der Waals surface area (Å²) in [5.41, 5.74) is 2.34. The summed E-state index contributed by atoms with van der Waals surface area (Å²) in [6.07, 6.45) is 0.845. The van der Waals surface area contributed by atoms with Crippen LogP contribution in [0.15, 0.2) is 21.3 Å². The summed E-state index contributed by atoms with van der Waals surface area (Å²) in [5, 5.41) is 8.18. The molecule has 0 N–H and O–H groups in total. The third-order valence-electron chi connectivity index (χ3n) is 2.58. The maximum absolute atomic E-state index is 12.4. The van der Waals surface area contributed by atoms with Gasteiger partial charge in [0.25, 0.3) is 0 Å². The molecule has 90 valence electrons. The highest BCUT2D eigenvalue weighted by molar-refractivity contribution is 9.10. The van der Waals surface area contributed by atoms with E-state index in [0.717, 1.165) is 16.6 Å². The van der Waals surface area contributed by atoms with Crippen LogP contribution in [0.4, 0.5) is 0 Å². The average molecular weight is 313 g/mol. The van der Waals surface area contributed by atoms with Crippen LogP contribution in [0, 0.1) is 0 Å². The molecule has 0 aliphatic rings. The zero-order valence-corrected chi connectivity index (χ0v) is 12.1. The van der Waals surface area contributed by atoms with E-state index in [1.54, 1.807) is 4.68 Å². The number of thiophene rings is 1. The Kier molecular flexibility index (Phi) is 3.79. The van der Waals surface area contributed by atoms with Crippen LogP contribution in [0.1, 0.15) is 35.6 Å². The van der Waals surface area contributed by atoms with Crippen molar-refractivity contribution in [1.82, 2.24) is 9.78 Å². The van der Waals surface area contributed by atoms with Crippen LogP contribution < -0.4 is 0 Å². The first kappa shape index (κ1) is 12.5. The molecule has 2 rings (SSSR count). The molecule has 2 heterocycles. The van der Waals surface area contributed by atoms with Crippen LogP contribution in [-0.4, -0.2) is 15.6 Å². The number of rotatable bonds is 4. The van der Waals surface area contributed by atoms with Crippen LogP contribution in [0.3, 0.4) is 0 Å². The van der Waals surface area contributed by atoms with Crippen LogP contribution in [0.25, 0.3) is 0 Å². The summed E-state index contributed by atoms with van der Waals surface area (Å²) in [6, 6.07) is 1.88. The molecule has 0 aromatic carbocycles. The van der Waals surface area contributed by atoms with Crippen molar-refractivity contribution < 1.29 is 4.79 Å². The number of hydrogen-bond acceptors (Lipinski definition) is 3. The van der Waals surface area contributed by atoms with E-state index in [2.05, 4.69) is 21.0 Å². The summed E-state index contributed by atoms with van der Waals surface area (Å²) < 4.78 is 2.63. The van der Waals surface area contributed by atoms with E-state index in [9.17, 15) is 4.79 Å². The standard InChI is InChI=1S/C12H13BrN2OS/c1-3-8-5-11(15(4-2)14-8)12(16)9-6-17-7-10(9)13/h5-7H,3-4H2,1-2H3. The molecule has 0 spiro atoms. The average Bonchev–Trinajstić information content (AvgIpc) is 2.93. The summed E-state index contributed by atoms with van der Waals surface area (Å²) in [4.78, 5) is 12.4. The molecule has 0 radical (unpaired) electrons. The number of carbonyl (C=O) groups is 1. The van der Waals surface area contributed by atoms with E-state index in [1.807, 2.05) is 30.7 Å². The quantitative estimate of drug-likeness (QED) is 0.810. The van der Waals surface area contributed by atoms with E-state index in [1.165, 1.54) is 11.3 Å². The zero-order valence-electron chi connectivity index (χ0n) is 9.74. The van der Waals surface area contributed by atoms with Crippen LogP contribution in [-0.2, 0) is 13.0 Å². The first-order chi connectivity index (χ1) is 8.17. The number of hydrogen-bond donors (Lipinski definition) is 0. The maximum atomic E-state index is 12.4. The van der Waals surface area contributed by atoms with E-state index < -0.39 is 0 Å². The summed E-state index contributed by atoms with van der Waals surface area (Å²) in [7, 11) is 0. The van der Waals surface area contributed by atoms with E-state index in [0.29, 0.717) is 17.8 Å². The van der Waals surface area contributed by atoms with Crippen molar-refractivity contribution in [1.29, 1.82) is 0 Å². The molecule has 0 unspecified atom stereocenters. The van der Waals surface area contributed by atoms with Crippen LogP contribution >= 0.6 is 27.3 Å². The number of aromatic nitrogens is 2. The molecule has 3 nitrogen and oxygen atoms in total. The van der Waals surface area contributed by atoms with Crippen molar-refractivity contribution in [3.63, 3.8) is 0 Å². The van der Waals surface area contributed by atoms with Crippen molar-refractivity contribution >= 4 is 33.0 Å². The first-order valence-corrected chi connectivity index (χ1v) is 7.24. The third kappa shape index (κ3) is 2.35. The van der Waals surface area contributed by atoms with E-state index >= 15 is 0 Å². The molecule has 17 heavy (non-hydrogen) atoms. The number of aryl methyl sites for hydroxylation is 2. The molecule has 2 aromatic heterocycles. The minimum absolute atomic E-state index is 0.0344. The molecule has 0 bridgehead atoms. The Bertz CT molecular complexity index is 544. The number of nitrogens with zero attached hydrogens (tertiary/aromatic N) is 2. The van der Waals surface area contributed by atoms with Gasteiger partial charge in [-0.25, -0.2) is 0 Å². The SMILES string of the molecule is CCc1cc(C(=O)c2cscc2Br)n(CC)n1. The van der Waals surface area contributed by atoms with Crippen molar-refractivity contribution in [3.8, 4) is 0 Å². The second-order valence-electron chi connectivity index (χ2n) is 3.65.